The lowest BCUT2D eigenvalue weighted by molar-refractivity contribution is -0.157. The smallest absolute Gasteiger partial charge is 0.341 e. The molecule has 0 aromatic heterocycles. The van der Waals surface area contributed by atoms with Crippen molar-refractivity contribution in [1.82, 2.24) is 10.6 Å². The van der Waals surface area contributed by atoms with Gasteiger partial charge < -0.3 is 30.7 Å². The highest BCUT2D eigenvalue weighted by Gasteiger charge is 2.22. The minimum absolute atomic E-state index is 0.0654. The average Bonchev–Trinajstić information content (AvgIpc) is 2.46. The highest BCUT2D eigenvalue weighted by Crippen LogP contribution is 2.00. The number of aliphatic hydroxyl groups excluding tert-OH is 2. The Morgan fingerprint density at radius 3 is 2.19 bits per heavy atom. The van der Waals surface area contributed by atoms with E-state index in [-0.39, 0.29) is 19.4 Å². The molecule has 0 rings (SSSR count). The summed E-state index contributed by atoms with van der Waals surface area (Å²) < 4.78 is 4.45. The summed E-state index contributed by atoms with van der Waals surface area (Å²) in [5.74, 6) is -3.69. The summed E-state index contributed by atoms with van der Waals surface area (Å²) in [7, 11) is 0. The van der Waals surface area contributed by atoms with Crippen LogP contribution >= 0.6 is 0 Å². The number of nitrogens with one attached hydrogen (secondary N) is 2. The SMILES string of the molecule is O=C(O)COC(=O)C(CCCNC(=O)CO)NC(=O)CO. The minimum Gasteiger partial charge on any atom is -0.479 e. The molecule has 120 valence electrons. The Bertz CT molecular complexity index is 384. The van der Waals surface area contributed by atoms with Gasteiger partial charge in [0.1, 0.15) is 19.3 Å². The summed E-state index contributed by atoms with van der Waals surface area (Å²) >= 11 is 0. The molecule has 0 aliphatic carbocycles. The van der Waals surface area contributed by atoms with Crippen LogP contribution in [-0.2, 0) is 23.9 Å². The number of rotatable bonds is 10. The molecule has 1 atom stereocenters. The van der Waals surface area contributed by atoms with Crippen LogP contribution in [0.4, 0.5) is 0 Å². The molecule has 0 bridgehead atoms. The summed E-state index contributed by atoms with van der Waals surface area (Å²) in [4.78, 5) is 43.7. The molecule has 0 fully saturated rings. The summed E-state index contributed by atoms with van der Waals surface area (Å²) in [5.41, 5.74) is 0. The number of amides is 2. The van der Waals surface area contributed by atoms with Crippen LogP contribution in [0, 0.1) is 0 Å². The first-order valence-electron chi connectivity index (χ1n) is 6.07. The molecule has 1 unspecified atom stereocenters. The van der Waals surface area contributed by atoms with Crippen LogP contribution < -0.4 is 10.6 Å². The first-order chi connectivity index (χ1) is 9.90. The van der Waals surface area contributed by atoms with E-state index in [0.717, 1.165) is 0 Å². The molecule has 21 heavy (non-hydrogen) atoms. The molecule has 10 nitrogen and oxygen atoms in total. The van der Waals surface area contributed by atoms with Gasteiger partial charge in [0.2, 0.25) is 11.8 Å². The Labute approximate surface area is 120 Å². The topological polar surface area (TPSA) is 162 Å². The fraction of sp³-hybridized carbons (Fsp3) is 0.636. The van der Waals surface area contributed by atoms with Crippen LogP contribution in [0.15, 0.2) is 0 Å². The van der Waals surface area contributed by atoms with Crippen molar-refractivity contribution in [3.63, 3.8) is 0 Å². The van der Waals surface area contributed by atoms with Crippen LogP contribution in [0.5, 0.6) is 0 Å². The number of carboxylic acids is 1. The fourth-order valence-electron chi connectivity index (χ4n) is 1.31. The average molecular weight is 306 g/mol. The summed E-state index contributed by atoms with van der Waals surface area (Å²) in [5, 5.41) is 30.0. The van der Waals surface area contributed by atoms with E-state index >= 15 is 0 Å². The molecule has 0 aromatic carbocycles. The van der Waals surface area contributed by atoms with Gasteiger partial charge in [0.25, 0.3) is 0 Å². The molecule has 0 aromatic rings. The molecular formula is C11H18N2O8. The molecule has 10 heteroatoms. The second-order valence-corrected chi connectivity index (χ2v) is 3.93. The van der Waals surface area contributed by atoms with Crippen LogP contribution in [0.3, 0.4) is 0 Å². The van der Waals surface area contributed by atoms with Gasteiger partial charge in [0.15, 0.2) is 6.61 Å². The van der Waals surface area contributed by atoms with Gasteiger partial charge in [-0.15, -0.1) is 0 Å². The van der Waals surface area contributed by atoms with Crippen molar-refractivity contribution < 1.29 is 39.2 Å². The zero-order chi connectivity index (χ0) is 16.3. The molecule has 0 radical (unpaired) electrons. The molecule has 0 saturated carbocycles. The highest BCUT2D eigenvalue weighted by molar-refractivity contribution is 5.85. The van der Waals surface area contributed by atoms with E-state index in [0.29, 0.717) is 0 Å². The third-order valence-electron chi connectivity index (χ3n) is 2.24. The van der Waals surface area contributed by atoms with Gasteiger partial charge in [-0.2, -0.15) is 0 Å². The maximum atomic E-state index is 11.6. The van der Waals surface area contributed by atoms with E-state index < -0.39 is 49.6 Å². The standard InChI is InChI=1S/C11H18N2O8/c14-4-8(16)12-3-1-2-7(13-9(17)5-15)11(20)21-6-10(18)19/h7,14-15H,1-6H2,(H,12,16)(H,13,17)(H,18,19). The molecular weight excluding hydrogens is 288 g/mol. The molecule has 0 heterocycles. The zero-order valence-electron chi connectivity index (χ0n) is 11.2. The fourth-order valence-corrected chi connectivity index (χ4v) is 1.31. The normalized spacial score (nSPS) is 11.3. The van der Waals surface area contributed by atoms with Crippen LogP contribution in [-0.4, -0.2) is 71.5 Å². The number of aliphatic hydroxyl groups is 2. The van der Waals surface area contributed by atoms with Gasteiger partial charge in [0, 0.05) is 6.54 Å². The van der Waals surface area contributed by atoms with E-state index in [1.54, 1.807) is 0 Å². The second kappa shape index (κ2) is 10.6. The maximum absolute atomic E-state index is 11.6. The van der Waals surface area contributed by atoms with Crippen molar-refractivity contribution in [2.45, 2.75) is 18.9 Å². The predicted molar refractivity (Wildman–Crippen MR) is 66.9 cm³/mol. The van der Waals surface area contributed by atoms with Crippen LogP contribution in [0.1, 0.15) is 12.8 Å². The number of carbonyl (C=O) groups excluding carboxylic acids is 3. The van der Waals surface area contributed by atoms with Gasteiger partial charge in [-0.3, -0.25) is 9.59 Å². The monoisotopic (exact) mass is 306 g/mol. The van der Waals surface area contributed by atoms with Crippen LogP contribution in [0.25, 0.3) is 0 Å². The van der Waals surface area contributed by atoms with E-state index in [1.165, 1.54) is 0 Å². The first kappa shape index (κ1) is 18.8. The van der Waals surface area contributed by atoms with Gasteiger partial charge in [-0.25, -0.2) is 9.59 Å². The number of carboxylic acid groups (broad SMARTS) is 1. The van der Waals surface area contributed by atoms with Crippen molar-refractivity contribution in [1.29, 1.82) is 0 Å². The zero-order valence-corrected chi connectivity index (χ0v) is 11.2. The van der Waals surface area contributed by atoms with Crippen molar-refractivity contribution in [2.75, 3.05) is 26.4 Å². The maximum Gasteiger partial charge on any atom is 0.341 e. The molecule has 2 amide bonds. The van der Waals surface area contributed by atoms with E-state index in [2.05, 4.69) is 15.4 Å². The predicted octanol–water partition coefficient (Wildman–Crippen LogP) is -3.02. The van der Waals surface area contributed by atoms with E-state index in [1.807, 2.05) is 0 Å². The molecule has 0 saturated heterocycles. The third-order valence-corrected chi connectivity index (χ3v) is 2.24. The Hall–Kier alpha value is -2.20. The molecule has 5 N–H and O–H groups in total. The van der Waals surface area contributed by atoms with Gasteiger partial charge in [-0.05, 0) is 12.8 Å². The number of hydrogen-bond donors (Lipinski definition) is 5. The van der Waals surface area contributed by atoms with E-state index in [4.69, 9.17) is 15.3 Å². The van der Waals surface area contributed by atoms with E-state index in [9.17, 15) is 19.2 Å². The number of carbonyl (C=O) groups is 4. The van der Waals surface area contributed by atoms with Crippen LogP contribution in [0.2, 0.25) is 0 Å². The summed E-state index contributed by atoms with van der Waals surface area (Å²) in [6.45, 7) is -2.18. The third kappa shape index (κ3) is 9.35. The highest BCUT2D eigenvalue weighted by atomic mass is 16.6. The lowest BCUT2D eigenvalue weighted by atomic mass is 10.1. The Morgan fingerprint density at radius 2 is 1.67 bits per heavy atom. The minimum atomic E-state index is -1.34. The van der Waals surface area contributed by atoms with Crippen molar-refractivity contribution in [2.24, 2.45) is 0 Å². The van der Waals surface area contributed by atoms with Gasteiger partial charge in [0.05, 0.1) is 0 Å². The second-order valence-electron chi connectivity index (χ2n) is 3.93. The van der Waals surface area contributed by atoms with Gasteiger partial charge in [-0.1, -0.05) is 0 Å². The number of hydrogen-bond acceptors (Lipinski definition) is 7. The van der Waals surface area contributed by atoms with Crippen molar-refractivity contribution in [3.8, 4) is 0 Å². The lowest BCUT2D eigenvalue weighted by Gasteiger charge is -2.16. The molecule has 0 aliphatic rings. The summed E-state index contributed by atoms with van der Waals surface area (Å²) in [6, 6.07) is -1.13. The Morgan fingerprint density at radius 1 is 1.05 bits per heavy atom. The van der Waals surface area contributed by atoms with Crippen molar-refractivity contribution >= 4 is 23.8 Å². The number of esters is 1. The largest absolute Gasteiger partial charge is 0.479 e. The Kier molecular flexibility index (Phi) is 9.46. The number of aliphatic carboxylic acids is 1. The van der Waals surface area contributed by atoms with Gasteiger partial charge >= 0.3 is 11.9 Å². The first-order valence-corrected chi connectivity index (χ1v) is 6.07. The lowest BCUT2D eigenvalue weighted by Crippen LogP contribution is -2.44. The number of ether oxygens (including phenoxy) is 1. The molecule has 0 aliphatic heterocycles. The molecule has 0 spiro atoms. The summed E-state index contributed by atoms with van der Waals surface area (Å²) in [6.07, 6.45) is 0.334. The quantitative estimate of drug-likeness (QED) is 0.210. The van der Waals surface area contributed by atoms with Crippen molar-refractivity contribution in [3.05, 3.63) is 0 Å². The Balaban J connectivity index is 4.31.